The van der Waals surface area contributed by atoms with Gasteiger partial charge in [0.25, 0.3) is 0 Å². The smallest absolute Gasteiger partial charge is 0.188 e. The number of rotatable bonds is 1. The first-order chi connectivity index (χ1) is 7.27. The van der Waals surface area contributed by atoms with Crippen molar-refractivity contribution in [1.29, 1.82) is 0 Å². The summed E-state index contributed by atoms with van der Waals surface area (Å²) in [5.74, 6) is 3.12. The predicted molar refractivity (Wildman–Crippen MR) is 64.9 cm³/mol. The van der Waals surface area contributed by atoms with Gasteiger partial charge in [-0.2, -0.15) is 0 Å². The van der Waals surface area contributed by atoms with Gasteiger partial charge in [-0.15, -0.1) is 0 Å². The molecule has 1 unspecified atom stereocenters. The Labute approximate surface area is 91.2 Å². The van der Waals surface area contributed by atoms with Gasteiger partial charge in [0.05, 0.1) is 0 Å². The van der Waals surface area contributed by atoms with E-state index in [2.05, 4.69) is 55.0 Å². The summed E-state index contributed by atoms with van der Waals surface area (Å²) in [6, 6.07) is 8.70. The average Bonchev–Trinajstić information content (AvgIpc) is 2.99. The van der Waals surface area contributed by atoms with E-state index in [1.54, 1.807) is 0 Å². The number of aryl methyl sites for hydroxylation is 1. The average molecular weight is 196 g/mol. The molecule has 0 aromatic heterocycles. The lowest BCUT2D eigenvalue weighted by Gasteiger charge is -2.09. The fourth-order valence-corrected chi connectivity index (χ4v) is 2.57. The Hall–Kier alpha value is -1.31. The molecular formula is C13H15BN+. The maximum atomic E-state index is 2.34. The molecule has 2 aliphatic heterocycles. The fraction of sp³-hybridized carbons (Fsp3) is 0.308. The molecule has 1 fully saturated rings. The summed E-state index contributed by atoms with van der Waals surface area (Å²) in [5.41, 5.74) is 4.33. The molecule has 15 heavy (non-hydrogen) atoms. The summed E-state index contributed by atoms with van der Waals surface area (Å²) >= 11 is 0. The van der Waals surface area contributed by atoms with Gasteiger partial charge in [0.15, 0.2) is 18.6 Å². The maximum Gasteiger partial charge on any atom is 0.188 e. The topological polar surface area (TPSA) is 3.01 Å². The summed E-state index contributed by atoms with van der Waals surface area (Å²) in [4.78, 5) is 0. The minimum Gasteiger partial charge on any atom is -0.206 e. The Morgan fingerprint density at radius 1 is 1.33 bits per heavy atom. The summed E-state index contributed by atoms with van der Waals surface area (Å²) < 4.78 is 2.29. The zero-order chi connectivity index (χ0) is 10.4. The number of hydrogen-bond donors (Lipinski definition) is 0. The first-order valence-corrected chi connectivity index (χ1v) is 5.61. The molecule has 1 saturated heterocycles. The lowest BCUT2D eigenvalue weighted by Crippen LogP contribution is -2.20. The van der Waals surface area contributed by atoms with Gasteiger partial charge >= 0.3 is 0 Å². The van der Waals surface area contributed by atoms with Gasteiger partial charge in [-0.1, -0.05) is 30.5 Å². The van der Waals surface area contributed by atoms with Crippen molar-refractivity contribution in [2.24, 2.45) is 0 Å². The third kappa shape index (κ3) is 1.36. The molecule has 1 aromatic carbocycles. The maximum absolute atomic E-state index is 2.34. The molecule has 1 atom stereocenters. The Bertz CT molecular complexity index is 473. The molecular weight excluding hydrogens is 181 g/mol. The highest BCUT2D eigenvalue weighted by Gasteiger charge is 2.49. The molecule has 0 aliphatic carbocycles. The van der Waals surface area contributed by atoms with Crippen molar-refractivity contribution in [3.63, 3.8) is 0 Å². The highest BCUT2D eigenvalue weighted by atomic mass is 15.0. The van der Waals surface area contributed by atoms with Crippen LogP contribution >= 0.6 is 0 Å². The number of hydrogen-bond acceptors (Lipinski definition) is 0. The van der Waals surface area contributed by atoms with Gasteiger partial charge in [0, 0.05) is 11.4 Å². The summed E-state index contributed by atoms with van der Waals surface area (Å²) in [5, 5.41) is 0. The van der Waals surface area contributed by atoms with E-state index in [1.165, 1.54) is 23.2 Å². The first kappa shape index (κ1) is 8.96. The molecule has 3 rings (SSSR count). The van der Waals surface area contributed by atoms with Crippen LogP contribution in [-0.2, 0) is 0 Å². The Morgan fingerprint density at radius 3 is 2.93 bits per heavy atom. The van der Waals surface area contributed by atoms with Crippen molar-refractivity contribution in [3.05, 3.63) is 47.6 Å². The van der Waals surface area contributed by atoms with E-state index in [0.717, 1.165) is 12.5 Å². The molecule has 0 saturated carbocycles. The van der Waals surface area contributed by atoms with E-state index >= 15 is 0 Å². The van der Waals surface area contributed by atoms with E-state index in [4.69, 9.17) is 0 Å². The number of nitrogens with zero attached hydrogens (tertiary/aromatic N) is 1. The van der Waals surface area contributed by atoms with E-state index < -0.39 is 0 Å². The lowest BCUT2D eigenvalue weighted by molar-refractivity contribution is -0.422. The highest BCUT2D eigenvalue weighted by Crippen LogP contribution is 2.43. The monoisotopic (exact) mass is 196 g/mol. The van der Waals surface area contributed by atoms with E-state index in [-0.39, 0.29) is 0 Å². The predicted octanol–water partition coefficient (Wildman–Crippen LogP) is 2.37. The second-order valence-corrected chi connectivity index (χ2v) is 4.66. The van der Waals surface area contributed by atoms with Crippen LogP contribution in [0.4, 0.5) is 0 Å². The fourth-order valence-electron chi connectivity index (χ4n) is 2.57. The molecule has 1 nitrogen and oxygen atoms in total. The standard InChI is InChI=1S/C13H15BN/c1-10-5-3-4-6-11(10)13-12-9-14(12)7-8-15(13)2/h3-8,12H,9H2,1-2H3/q+1. The van der Waals surface area contributed by atoms with Gasteiger partial charge in [-0.05, 0) is 18.6 Å². The quantitative estimate of drug-likeness (QED) is 0.479. The van der Waals surface area contributed by atoms with Crippen molar-refractivity contribution in [3.8, 4) is 0 Å². The van der Waals surface area contributed by atoms with Crippen LogP contribution in [-0.4, -0.2) is 24.0 Å². The van der Waals surface area contributed by atoms with Crippen molar-refractivity contribution in [2.45, 2.75) is 19.1 Å². The molecule has 1 aromatic rings. The van der Waals surface area contributed by atoms with Gasteiger partial charge in [-0.25, -0.2) is 4.58 Å². The second-order valence-electron chi connectivity index (χ2n) is 4.66. The number of fused-ring (bicyclic) bond motifs is 1. The summed E-state index contributed by atoms with van der Waals surface area (Å²) in [6.07, 6.45) is 3.56. The Kier molecular flexibility index (Phi) is 1.85. The van der Waals surface area contributed by atoms with Crippen LogP contribution in [0.5, 0.6) is 0 Å². The van der Waals surface area contributed by atoms with Crippen molar-refractivity contribution in [2.75, 3.05) is 7.05 Å². The first-order valence-electron chi connectivity index (χ1n) is 5.61. The molecule has 0 bridgehead atoms. The van der Waals surface area contributed by atoms with Gasteiger partial charge in [-0.3, -0.25) is 0 Å². The largest absolute Gasteiger partial charge is 0.206 e. The molecule has 0 spiro atoms. The van der Waals surface area contributed by atoms with E-state index in [0.29, 0.717) is 0 Å². The second kappa shape index (κ2) is 3.09. The molecule has 2 heteroatoms. The van der Waals surface area contributed by atoms with Crippen LogP contribution < -0.4 is 0 Å². The zero-order valence-corrected chi connectivity index (χ0v) is 9.27. The van der Waals surface area contributed by atoms with Crippen molar-refractivity contribution < 1.29 is 4.58 Å². The minimum atomic E-state index is 0.779. The SMILES string of the molecule is Cc1ccccc1C1=[N+](C)C=CB2CC21. The zero-order valence-electron chi connectivity index (χ0n) is 9.27. The molecule has 2 aliphatic rings. The Balaban J connectivity index is 2.14. The highest BCUT2D eigenvalue weighted by molar-refractivity contribution is 6.81. The van der Waals surface area contributed by atoms with E-state index in [9.17, 15) is 0 Å². The normalized spacial score (nSPS) is 23.1. The summed E-state index contributed by atoms with van der Waals surface area (Å²) in [6.45, 7) is 3.02. The molecule has 0 N–H and O–H groups in total. The van der Waals surface area contributed by atoms with Crippen LogP contribution in [0.3, 0.4) is 0 Å². The van der Waals surface area contributed by atoms with Crippen LogP contribution in [0.15, 0.2) is 36.4 Å². The number of benzene rings is 1. The molecule has 0 radical (unpaired) electrons. The third-order valence-corrected chi connectivity index (χ3v) is 3.55. The summed E-state index contributed by atoms with van der Waals surface area (Å²) in [7, 11) is 2.16. The lowest BCUT2D eigenvalue weighted by atomic mass is 9.65. The Morgan fingerprint density at radius 2 is 2.13 bits per heavy atom. The van der Waals surface area contributed by atoms with Gasteiger partial charge in [0.2, 0.25) is 0 Å². The van der Waals surface area contributed by atoms with Crippen LogP contribution in [0.2, 0.25) is 12.1 Å². The third-order valence-electron chi connectivity index (χ3n) is 3.55. The van der Waals surface area contributed by atoms with Crippen LogP contribution in [0, 0.1) is 6.92 Å². The minimum absolute atomic E-state index is 0.779. The van der Waals surface area contributed by atoms with Crippen molar-refractivity contribution >= 4 is 12.4 Å². The van der Waals surface area contributed by atoms with Crippen LogP contribution in [0.1, 0.15) is 11.1 Å². The van der Waals surface area contributed by atoms with Gasteiger partial charge in [0.1, 0.15) is 7.05 Å². The molecule has 0 amide bonds. The molecule has 2 heterocycles. The van der Waals surface area contributed by atoms with E-state index in [1.807, 2.05) is 0 Å². The van der Waals surface area contributed by atoms with Crippen molar-refractivity contribution in [1.82, 2.24) is 0 Å². The van der Waals surface area contributed by atoms with Crippen LogP contribution in [0.25, 0.3) is 0 Å². The molecule has 74 valence electrons. The van der Waals surface area contributed by atoms with Gasteiger partial charge < -0.3 is 0 Å².